The third-order valence-electron chi connectivity index (χ3n) is 1.81. The molecule has 76 valence electrons. The number of benzene rings is 1. The molecule has 0 heterocycles. The Bertz CT molecular complexity index is 288. The van der Waals surface area contributed by atoms with E-state index in [-0.39, 0.29) is 0 Å². The first kappa shape index (κ1) is 11.8. The van der Waals surface area contributed by atoms with Gasteiger partial charge >= 0.3 is 0 Å². The van der Waals surface area contributed by atoms with Gasteiger partial charge in [-0.05, 0) is 0 Å². The predicted octanol–water partition coefficient (Wildman–Crippen LogP) is 4.04. The molecule has 0 aliphatic heterocycles. The third kappa shape index (κ3) is 2.85. The van der Waals surface area contributed by atoms with E-state index in [9.17, 15) is 0 Å². The number of alkyl halides is 2. The maximum absolute atomic E-state index is 5.62. The van der Waals surface area contributed by atoms with Crippen LogP contribution in [0.3, 0.4) is 0 Å². The molecular weight excluding hydrogens is 308 g/mol. The van der Waals surface area contributed by atoms with E-state index >= 15 is 0 Å². The van der Waals surface area contributed by atoms with E-state index in [2.05, 4.69) is 50.6 Å². The van der Waals surface area contributed by atoms with Crippen molar-refractivity contribution < 1.29 is 4.74 Å². The van der Waals surface area contributed by atoms with E-state index in [1.54, 1.807) is 6.08 Å². The highest BCUT2D eigenvalue weighted by Crippen LogP contribution is 2.27. The highest BCUT2D eigenvalue weighted by atomic mass is 79.9. The summed E-state index contributed by atoms with van der Waals surface area (Å²) in [5.41, 5.74) is 2.34. The lowest BCUT2D eigenvalue weighted by Gasteiger charge is -2.12. The van der Waals surface area contributed by atoms with Gasteiger partial charge in [0, 0.05) is 21.8 Å². The van der Waals surface area contributed by atoms with Crippen LogP contribution < -0.4 is 4.74 Å². The van der Waals surface area contributed by atoms with E-state index in [4.69, 9.17) is 4.74 Å². The standard InChI is InChI=1S/C11H12Br2O/c1-2-6-14-11-9(7-12)4-3-5-10(11)8-13/h2-5H,1,6-8H2. The van der Waals surface area contributed by atoms with Crippen LogP contribution in [0.5, 0.6) is 5.75 Å². The summed E-state index contributed by atoms with van der Waals surface area (Å²) in [6.07, 6.45) is 1.75. The number of rotatable bonds is 5. The van der Waals surface area contributed by atoms with Gasteiger partial charge in [0.1, 0.15) is 12.4 Å². The molecule has 0 atom stereocenters. The molecule has 0 aromatic heterocycles. The Morgan fingerprint density at radius 2 is 1.79 bits per heavy atom. The van der Waals surface area contributed by atoms with Crippen LogP contribution in [0.15, 0.2) is 30.9 Å². The molecule has 3 heteroatoms. The van der Waals surface area contributed by atoms with Gasteiger partial charge in [0.2, 0.25) is 0 Å². The first-order chi connectivity index (χ1) is 6.83. The number of hydrogen-bond acceptors (Lipinski definition) is 1. The molecular formula is C11H12Br2O. The predicted molar refractivity (Wildman–Crippen MR) is 67.4 cm³/mol. The molecule has 0 saturated heterocycles. The zero-order valence-corrected chi connectivity index (χ0v) is 11.0. The lowest BCUT2D eigenvalue weighted by Crippen LogP contribution is -1.99. The van der Waals surface area contributed by atoms with Crippen LogP contribution in [-0.2, 0) is 10.7 Å². The molecule has 0 aliphatic rings. The zero-order valence-electron chi connectivity index (χ0n) is 7.80. The zero-order chi connectivity index (χ0) is 10.4. The van der Waals surface area contributed by atoms with E-state index < -0.39 is 0 Å². The van der Waals surface area contributed by atoms with Crippen LogP contribution in [0.4, 0.5) is 0 Å². The second kappa shape index (κ2) is 6.25. The van der Waals surface area contributed by atoms with Crippen molar-refractivity contribution in [3.8, 4) is 5.75 Å². The van der Waals surface area contributed by atoms with Crippen LogP contribution in [0, 0.1) is 0 Å². The second-order valence-corrected chi connectivity index (χ2v) is 3.89. The summed E-state index contributed by atoms with van der Waals surface area (Å²) in [5, 5.41) is 1.61. The molecule has 0 spiro atoms. The molecule has 14 heavy (non-hydrogen) atoms. The fourth-order valence-electron chi connectivity index (χ4n) is 1.18. The molecule has 0 saturated carbocycles. The Labute approximate surface area is 101 Å². The SMILES string of the molecule is C=CCOc1c(CBr)cccc1CBr. The largest absolute Gasteiger partial charge is 0.489 e. The highest BCUT2D eigenvalue weighted by molar-refractivity contribution is 9.08. The van der Waals surface area contributed by atoms with E-state index in [1.165, 1.54) is 11.1 Å². The Morgan fingerprint density at radius 3 is 2.21 bits per heavy atom. The van der Waals surface area contributed by atoms with Crippen molar-refractivity contribution >= 4 is 31.9 Å². The van der Waals surface area contributed by atoms with Crippen LogP contribution >= 0.6 is 31.9 Å². The minimum Gasteiger partial charge on any atom is -0.489 e. The average Bonchev–Trinajstić information content (AvgIpc) is 2.25. The molecule has 1 aromatic carbocycles. The smallest absolute Gasteiger partial charge is 0.127 e. The topological polar surface area (TPSA) is 9.23 Å². The van der Waals surface area contributed by atoms with E-state index in [1.807, 2.05) is 6.07 Å². The van der Waals surface area contributed by atoms with Crippen molar-refractivity contribution in [3.05, 3.63) is 42.0 Å². The van der Waals surface area contributed by atoms with Crippen molar-refractivity contribution in [2.75, 3.05) is 6.61 Å². The third-order valence-corrected chi connectivity index (χ3v) is 3.02. The average molecular weight is 320 g/mol. The molecule has 0 aliphatic carbocycles. The molecule has 0 amide bonds. The Balaban J connectivity index is 2.99. The summed E-state index contributed by atoms with van der Waals surface area (Å²) >= 11 is 6.88. The summed E-state index contributed by atoms with van der Waals surface area (Å²) < 4.78 is 5.62. The van der Waals surface area contributed by atoms with E-state index in [0.29, 0.717) is 6.61 Å². The van der Waals surface area contributed by atoms with E-state index in [0.717, 1.165) is 16.4 Å². The first-order valence-corrected chi connectivity index (χ1v) is 6.54. The van der Waals surface area contributed by atoms with Gasteiger partial charge in [-0.25, -0.2) is 0 Å². The monoisotopic (exact) mass is 318 g/mol. The van der Waals surface area contributed by atoms with Crippen molar-refractivity contribution in [2.24, 2.45) is 0 Å². The summed E-state index contributed by atoms with van der Waals surface area (Å²) in [5.74, 6) is 0.959. The van der Waals surface area contributed by atoms with Crippen molar-refractivity contribution in [1.29, 1.82) is 0 Å². The maximum atomic E-state index is 5.62. The molecule has 1 aromatic rings. The second-order valence-electron chi connectivity index (χ2n) is 2.77. The minimum absolute atomic E-state index is 0.546. The molecule has 1 nitrogen and oxygen atoms in total. The Morgan fingerprint density at radius 1 is 1.21 bits per heavy atom. The van der Waals surface area contributed by atoms with Crippen LogP contribution in [-0.4, -0.2) is 6.61 Å². The van der Waals surface area contributed by atoms with Crippen LogP contribution in [0.1, 0.15) is 11.1 Å². The summed E-state index contributed by atoms with van der Waals surface area (Å²) in [4.78, 5) is 0. The number of para-hydroxylation sites is 1. The lowest BCUT2D eigenvalue weighted by atomic mass is 10.1. The fraction of sp³-hybridized carbons (Fsp3) is 0.273. The normalized spacial score (nSPS) is 9.86. The molecule has 0 radical (unpaired) electrons. The van der Waals surface area contributed by atoms with Gasteiger partial charge in [-0.1, -0.05) is 62.7 Å². The Kier molecular flexibility index (Phi) is 5.26. The highest BCUT2D eigenvalue weighted by Gasteiger charge is 2.06. The summed E-state index contributed by atoms with van der Waals surface area (Å²) in [6, 6.07) is 6.15. The van der Waals surface area contributed by atoms with Gasteiger partial charge in [-0.3, -0.25) is 0 Å². The minimum atomic E-state index is 0.546. The van der Waals surface area contributed by atoms with Crippen molar-refractivity contribution in [3.63, 3.8) is 0 Å². The molecule has 0 fully saturated rings. The van der Waals surface area contributed by atoms with Crippen LogP contribution in [0.25, 0.3) is 0 Å². The summed E-state index contributed by atoms with van der Waals surface area (Å²) in [6.45, 7) is 4.18. The number of halogens is 2. The van der Waals surface area contributed by atoms with Crippen LogP contribution in [0.2, 0.25) is 0 Å². The fourth-order valence-corrected chi connectivity index (χ4v) is 2.06. The molecule has 0 N–H and O–H groups in total. The van der Waals surface area contributed by atoms with Gasteiger partial charge in [0.15, 0.2) is 0 Å². The molecule has 0 unspecified atom stereocenters. The van der Waals surface area contributed by atoms with Gasteiger partial charge in [-0.2, -0.15) is 0 Å². The first-order valence-electron chi connectivity index (χ1n) is 4.29. The van der Waals surface area contributed by atoms with Crippen molar-refractivity contribution in [1.82, 2.24) is 0 Å². The molecule has 1 rings (SSSR count). The van der Waals surface area contributed by atoms with Gasteiger partial charge in [0.05, 0.1) is 0 Å². The Hall–Kier alpha value is -0.280. The summed E-state index contributed by atoms with van der Waals surface area (Å²) in [7, 11) is 0. The quantitative estimate of drug-likeness (QED) is 0.588. The lowest BCUT2D eigenvalue weighted by molar-refractivity contribution is 0.357. The molecule has 0 bridgehead atoms. The van der Waals surface area contributed by atoms with Gasteiger partial charge in [0.25, 0.3) is 0 Å². The van der Waals surface area contributed by atoms with Crippen molar-refractivity contribution in [2.45, 2.75) is 10.7 Å². The van der Waals surface area contributed by atoms with Gasteiger partial charge in [-0.15, -0.1) is 0 Å². The number of hydrogen-bond donors (Lipinski definition) is 0. The number of ether oxygens (including phenoxy) is 1. The van der Waals surface area contributed by atoms with Gasteiger partial charge < -0.3 is 4.74 Å². The maximum Gasteiger partial charge on any atom is 0.127 e.